The van der Waals surface area contributed by atoms with Gasteiger partial charge in [0.15, 0.2) is 18.1 Å². The molecule has 0 amide bonds. The van der Waals surface area contributed by atoms with Gasteiger partial charge in [0.25, 0.3) is 0 Å². The Morgan fingerprint density at radius 3 is 2.67 bits per heavy atom. The average molecular weight is 355 g/mol. The molecule has 0 spiro atoms. The number of carbonyl (C=O) groups is 2. The molecule has 0 bridgehead atoms. The number of carboxylic acids is 1. The van der Waals surface area contributed by atoms with Crippen molar-refractivity contribution in [1.29, 1.82) is 0 Å². The van der Waals surface area contributed by atoms with Crippen LogP contribution in [0.2, 0.25) is 0 Å². The van der Waals surface area contributed by atoms with Gasteiger partial charge in [0, 0.05) is 5.75 Å². The summed E-state index contributed by atoms with van der Waals surface area (Å²) in [6, 6.07) is 4.79. The summed E-state index contributed by atoms with van der Waals surface area (Å²) >= 11 is 1.53. The van der Waals surface area contributed by atoms with E-state index < -0.39 is 18.0 Å². The van der Waals surface area contributed by atoms with Crippen LogP contribution < -0.4 is 14.8 Å². The third-order valence-corrected chi connectivity index (χ3v) is 4.57. The van der Waals surface area contributed by atoms with E-state index in [1.54, 1.807) is 19.1 Å². The van der Waals surface area contributed by atoms with Gasteiger partial charge in [0.1, 0.15) is 6.04 Å². The molecule has 132 valence electrons. The maximum atomic E-state index is 11.4. The molecular weight excluding hydrogens is 334 g/mol. The second-order valence-corrected chi connectivity index (χ2v) is 6.14. The molecule has 24 heavy (non-hydrogen) atoms. The largest absolute Gasteiger partial charge is 0.490 e. The van der Waals surface area contributed by atoms with Crippen molar-refractivity contribution in [2.75, 3.05) is 25.6 Å². The van der Waals surface area contributed by atoms with Gasteiger partial charge >= 0.3 is 11.9 Å². The normalized spacial score (nSPS) is 19.8. The number of rotatable bonds is 8. The summed E-state index contributed by atoms with van der Waals surface area (Å²) in [4.78, 5) is 22.4. The molecule has 0 aliphatic carbocycles. The number of benzene rings is 1. The van der Waals surface area contributed by atoms with Crippen molar-refractivity contribution in [2.24, 2.45) is 0 Å². The zero-order chi connectivity index (χ0) is 17.5. The van der Waals surface area contributed by atoms with Crippen molar-refractivity contribution < 1.29 is 28.9 Å². The molecule has 2 unspecified atom stereocenters. The van der Waals surface area contributed by atoms with Crippen LogP contribution >= 0.6 is 11.8 Å². The summed E-state index contributed by atoms with van der Waals surface area (Å²) in [6.07, 6.45) is 0. The van der Waals surface area contributed by atoms with Crippen LogP contribution in [0.1, 0.15) is 24.8 Å². The van der Waals surface area contributed by atoms with E-state index in [1.807, 2.05) is 13.0 Å². The molecular formula is C16H21NO6S. The fourth-order valence-corrected chi connectivity index (χ4v) is 3.44. The molecule has 8 heteroatoms. The monoisotopic (exact) mass is 355 g/mol. The van der Waals surface area contributed by atoms with E-state index in [9.17, 15) is 9.59 Å². The van der Waals surface area contributed by atoms with Gasteiger partial charge in [-0.05, 0) is 31.5 Å². The van der Waals surface area contributed by atoms with Crippen molar-refractivity contribution in [3.63, 3.8) is 0 Å². The summed E-state index contributed by atoms with van der Waals surface area (Å²) < 4.78 is 15.9. The Bertz CT molecular complexity index is 594. The number of carboxylic acid groups (broad SMARTS) is 1. The first kappa shape index (κ1) is 18.4. The lowest BCUT2D eigenvalue weighted by molar-refractivity contribution is -0.145. The first-order valence-corrected chi connectivity index (χ1v) is 8.75. The number of hydrogen-bond acceptors (Lipinski definition) is 7. The van der Waals surface area contributed by atoms with Gasteiger partial charge in [-0.3, -0.25) is 10.1 Å². The third kappa shape index (κ3) is 4.78. The summed E-state index contributed by atoms with van der Waals surface area (Å²) in [6.45, 7) is 4.14. The highest BCUT2D eigenvalue weighted by Crippen LogP contribution is 2.37. The van der Waals surface area contributed by atoms with Crippen molar-refractivity contribution in [3.8, 4) is 11.5 Å². The lowest BCUT2D eigenvalue weighted by atomic mass is 10.2. The van der Waals surface area contributed by atoms with Gasteiger partial charge in [-0.15, -0.1) is 11.8 Å². The molecule has 1 saturated heterocycles. The van der Waals surface area contributed by atoms with Gasteiger partial charge in [0.05, 0.1) is 18.6 Å². The minimum atomic E-state index is -0.857. The van der Waals surface area contributed by atoms with Crippen LogP contribution in [0.5, 0.6) is 11.5 Å². The van der Waals surface area contributed by atoms with Crippen LogP contribution in [0.4, 0.5) is 0 Å². The Morgan fingerprint density at radius 1 is 1.25 bits per heavy atom. The molecule has 1 fully saturated rings. The number of carbonyl (C=O) groups excluding carboxylic acids is 1. The molecule has 1 aromatic rings. The van der Waals surface area contributed by atoms with Gasteiger partial charge in [-0.1, -0.05) is 6.07 Å². The molecule has 0 radical (unpaired) electrons. The van der Waals surface area contributed by atoms with Gasteiger partial charge in [-0.2, -0.15) is 0 Å². The van der Waals surface area contributed by atoms with Crippen molar-refractivity contribution >= 4 is 23.7 Å². The fraction of sp³-hybridized carbons (Fsp3) is 0.500. The lowest BCUT2D eigenvalue weighted by Gasteiger charge is -2.16. The first-order valence-electron chi connectivity index (χ1n) is 7.70. The smallest absolute Gasteiger partial charge is 0.344 e. The minimum Gasteiger partial charge on any atom is -0.490 e. The fourth-order valence-electron chi connectivity index (χ4n) is 2.22. The zero-order valence-corrected chi connectivity index (χ0v) is 14.4. The summed E-state index contributed by atoms with van der Waals surface area (Å²) in [5, 5.41) is 12.0. The van der Waals surface area contributed by atoms with Crippen molar-refractivity contribution in [3.05, 3.63) is 23.8 Å². The molecule has 7 nitrogen and oxygen atoms in total. The van der Waals surface area contributed by atoms with Gasteiger partial charge in [-0.25, -0.2) is 4.79 Å². The van der Waals surface area contributed by atoms with Crippen molar-refractivity contribution in [2.45, 2.75) is 25.3 Å². The number of thioether (sulfide) groups is 1. The van der Waals surface area contributed by atoms with Gasteiger partial charge in [0.2, 0.25) is 0 Å². The number of ether oxygens (including phenoxy) is 3. The first-order chi connectivity index (χ1) is 11.5. The quantitative estimate of drug-likeness (QED) is 0.682. The number of esters is 1. The van der Waals surface area contributed by atoms with E-state index in [0.29, 0.717) is 30.5 Å². The molecule has 1 aliphatic rings. The molecule has 1 heterocycles. The van der Waals surface area contributed by atoms with Crippen molar-refractivity contribution in [1.82, 2.24) is 5.32 Å². The Hall–Kier alpha value is -1.93. The van der Waals surface area contributed by atoms with E-state index >= 15 is 0 Å². The summed E-state index contributed by atoms with van der Waals surface area (Å²) in [5.74, 6) is 0.170. The maximum absolute atomic E-state index is 11.4. The van der Waals surface area contributed by atoms with E-state index in [4.69, 9.17) is 19.3 Å². The molecule has 2 atom stereocenters. The maximum Gasteiger partial charge on any atom is 0.344 e. The standard InChI is InChI=1S/C16H21NO6S/c1-3-21-13-7-10(15-17-11(9-24-15)16(19)20)5-6-12(13)23-8-14(18)22-4-2/h5-7,11,15,17H,3-4,8-9H2,1-2H3,(H,19,20). The number of hydrogen-bond donors (Lipinski definition) is 2. The van der Waals surface area contributed by atoms with Crippen LogP contribution in [-0.2, 0) is 14.3 Å². The molecule has 0 aromatic heterocycles. The highest BCUT2D eigenvalue weighted by molar-refractivity contribution is 7.99. The lowest BCUT2D eigenvalue weighted by Crippen LogP contribution is -2.33. The van der Waals surface area contributed by atoms with Crippen LogP contribution in [0.3, 0.4) is 0 Å². The second kappa shape index (κ2) is 8.79. The number of nitrogens with one attached hydrogen (secondary N) is 1. The second-order valence-electron chi connectivity index (χ2n) is 5.00. The summed E-state index contributed by atoms with van der Waals surface area (Å²) in [7, 11) is 0. The molecule has 1 aromatic carbocycles. The van der Waals surface area contributed by atoms with E-state index in [1.165, 1.54) is 11.8 Å². The van der Waals surface area contributed by atoms with E-state index in [0.717, 1.165) is 5.56 Å². The van der Waals surface area contributed by atoms with E-state index in [-0.39, 0.29) is 12.0 Å². The molecule has 2 rings (SSSR count). The summed E-state index contributed by atoms with van der Waals surface area (Å²) in [5.41, 5.74) is 0.899. The van der Waals surface area contributed by atoms with Crippen LogP contribution in [-0.4, -0.2) is 48.7 Å². The third-order valence-electron chi connectivity index (χ3n) is 3.30. The van der Waals surface area contributed by atoms with E-state index in [2.05, 4.69) is 5.32 Å². The van der Waals surface area contributed by atoms with Crippen LogP contribution in [0, 0.1) is 0 Å². The minimum absolute atomic E-state index is 0.121. The Morgan fingerprint density at radius 2 is 2.04 bits per heavy atom. The zero-order valence-electron chi connectivity index (χ0n) is 13.6. The molecule has 0 saturated carbocycles. The van der Waals surface area contributed by atoms with Crippen LogP contribution in [0.15, 0.2) is 18.2 Å². The Labute approximate surface area is 144 Å². The Balaban J connectivity index is 2.08. The predicted molar refractivity (Wildman–Crippen MR) is 89.5 cm³/mol. The predicted octanol–water partition coefficient (Wildman–Crippen LogP) is 1.82. The molecule has 2 N–H and O–H groups in total. The highest BCUT2D eigenvalue weighted by Gasteiger charge is 2.30. The highest BCUT2D eigenvalue weighted by atomic mass is 32.2. The number of aliphatic carboxylic acids is 1. The van der Waals surface area contributed by atoms with Gasteiger partial charge < -0.3 is 19.3 Å². The SMILES string of the molecule is CCOC(=O)COc1ccc(C2NC(C(=O)O)CS2)cc1OCC. The van der Waals surface area contributed by atoms with Crippen LogP contribution in [0.25, 0.3) is 0 Å². The topological polar surface area (TPSA) is 94.1 Å². The average Bonchev–Trinajstić information content (AvgIpc) is 3.04. The Kier molecular flexibility index (Phi) is 6.74. The molecule has 1 aliphatic heterocycles.